The van der Waals surface area contributed by atoms with Crippen LogP contribution >= 0.6 is 11.8 Å². The molecule has 2 aromatic rings. The third-order valence-corrected chi connectivity index (χ3v) is 4.83. The number of nitrogens with one attached hydrogen (secondary N) is 2. The summed E-state index contributed by atoms with van der Waals surface area (Å²) in [6, 6.07) is 14.4. The predicted molar refractivity (Wildman–Crippen MR) is 114 cm³/mol. The largest absolute Gasteiger partial charge is 0.469 e. The summed E-state index contributed by atoms with van der Waals surface area (Å²) in [7, 11) is 0. The molecule has 0 unspecified atom stereocenters. The van der Waals surface area contributed by atoms with Gasteiger partial charge in [-0.1, -0.05) is 18.2 Å². The lowest BCUT2D eigenvalue weighted by Crippen LogP contribution is -2.39. The predicted octanol–water partition coefficient (Wildman–Crippen LogP) is 3.97. The molecule has 0 aliphatic rings. The Morgan fingerprint density at radius 1 is 1.07 bits per heavy atom. The van der Waals surface area contributed by atoms with Crippen molar-refractivity contribution >= 4 is 17.7 Å². The molecule has 148 valence electrons. The minimum Gasteiger partial charge on any atom is -0.469 e. The fourth-order valence-corrected chi connectivity index (χ4v) is 3.23. The fraction of sp³-hybridized carbons (Fsp3) is 0.476. The van der Waals surface area contributed by atoms with Crippen LogP contribution in [0, 0.1) is 0 Å². The van der Waals surface area contributed by atoms with E-state index in [-0.39, 0.29) is 0 Å². The molecule has 6 heteroatoms. The van der Waals surface area contributed by atoms with Crippen molar-refractivity contribution in [1.82, 2.24) is 10.6 Å². The van der Waals surface area contributed by atoms with Crippen molar-refractivity contribution in [2.24, 2.45) is 4.99 Å². The van der Waals surface area contributed by atoms with Crippen molar-refractivity contribution in [2.45, 2.75) is 31.1 Å². The number of guanidine groups is 1. The topological polar surface area (TPSA) is 58.8 Å². The van der Waals surface area contributed by atoms with Gasteiger partial charge in [0.2, 0.25) is 0 Å². The van der Waals surface area contributed by atoms with Gasteiger partial charge in [-0.3, -0.25) is 4.99 Å². The van der Waals surface area contributed by atoms with Gasteiger partial charge in [-0.2, -0.15) is 0 Å². The van der Waals surface area contributed by atoms with Crippen LogP contribution in [0.1, 0.15) is 25.5 Å². The second-order valence-corrected chi connectivity index (χ2v) is 7.15. The maximum Gasteiger partial charge on any atom is 0.191 e. The number of unbranched alkanes of at least 4 members (excludes halogenated alkanes) is 1. The van der Waals surface area contributed by atoms with E-state index in [2.05, 4.69) is 39.9 Å². The number of furan rings is 1. The van der Waals surface area contributed by atoms with E-state index in [0.29, 0.717) is 0 Å². The number of benzene rings is 1. The smallest absolute Gasteiger partial charge is 0.191 e. The Labute approximate surface area is 167 Å². The van der Waals surface area contributed by atoms with E-state index in [1.54, 1.807) is 6.26 Å². The molecule has 0 radical (unpaired) electrons. The summed E-state index contributed by atoms with van der Waals surface area (Å²) in [6.07, 6.45) is 4.63. The van der Waals surface area contributed by atoms with Crippen LogP contribution in [0.2, 0.25) is 0 Å². The van der Waals surface area contributed by atoms with Gasteiger partial charge in [-0.15, -0.1) is 11.8 Å². The van der Waals surface area contributed by atoms with Crippen LogP contribution in [0.5, 0.6) is 0 Å². The number of aliphatic imine (C=N–C) groups is 1. The zero-order chi connectivity index (χ0) is 19.0. The standard InChI is InChI=1S/C21H31N3O2S/c1-2-25-16-7-6-13-22-21(23-14-12-19-9-8-17-26-19)24-15-18-27-20-10-4-3-5-11-20/h3-5,8-11,17H,2,6-7,12-16,18H2,1H3,(H2,22,23,24). The van der Waals surface area contributed by atoms with Crippen LogP contribution in [0.25, 0.3) is 0 Å². The molecule has 0 aliphatic carbocycles. The first-order chi connectivity index (χ1) is 13.4. The Hall–Kier alpha value is -1.92. The summed E-state index contributed by atoms with van der Waals surface area (Å²) >= 11 is 1.84. The van der Waals surface area contributed by atoms with E-state index in [9.17, 15) is 0 Å². The molecular formula is C21H31N3O2S. The molecule has 0 atom stereocenters. The van der Waals surface area contributed by atoms with Crippen LogP contribution in [0.3, 0.4) is 0 Å². The number of hydrogen-bond acceptors (Lipinski definition) is 4. The highest BCUT2D eigenvalue weighted by molar-refractivity contribution is 7.99. The molecule has 27 heavy (non-hydrogen) atoms. The molecule has 1 aromatic heterocycles. The van der Waals surface area contributed by atoms with Crippen molar-refractivity contribution < 1.29 is 9.15 Å². The van der Waals surface area contributed by atoms with Gasteiger partial charge < -0.3 is 19.8 Å². The van der Waals surface area contributed by atoms with Crippen molar-refractivity contribution in [3.05, 3.63) is 54.5 Å². The van der Waals surface area contributed by atoms with Gasteiger partial charge in [0, 0.05) is 49.9 Å². The van der Waals surface area contributed by atoms with Gasteiger partial charge in [-0.25, -0.2) is 0 Å². The number of ether oxygens (including phenoxy) is 1. The first-order valence-electron chi connectivity index (χ1n) is 9.68. The van der Waals surface area contributed by atoms with E-state index in [0.717, 1.165) is 69.6 Å². The molecule has 0 saturated heterocycles. The number of rotatable bonds is 13. The van der Waals surface area contributed by atoms with E-state index >= 15 is 0 Å². The SMILES string of the molecule is CCOCCCCN=C(NCCSc1ccccc1)NCCc1ccco1. The number of thioether (sulfide) groups is 1. The Morgan fingerprint density at radius 2 is 1.93 bits per heavy atom. The highest BCUT2D eigenvalue weighted by Crippen LogP contribution is 2.15. The first kappa shape index (κ1) is 21.4. The maximum atomic E-state index is 5.38. The van der Waals surface area contributed by atoms with Crippen LogP contribution < -0.4 is 10.6 Å². The van der Waals surface area contributed by atoms with Crippen LogP contribution in [-0.4, -0.2) is 44.6 Å². The molecule has 0 saturated carbocycles. The van der Waals surface area contributed by atoms with Gasteiger partial charge in [0.05, 0.1) is 6.26 Å². The molecule has 0 fully saturated rings. The van der Waals surface area contributed by atoms with Gasteiger partial charge >= 0.3 is 0 Å². The molecule has 0 amide bonds. The summed E-state index contributed by atoms with van der Waals surface area (Å²) in [5.74, 6) is 2.84. The summed E-state index contributed by atoms with van der Waals surface area (Å²) in [4.78, 5) is 5.97. The third kappa shape index (κ3) is 10.1. The van der Waals surface area contributed by atoms with Crippen molar-refractivity contribution in [3.63, 3.8) is 0 Å². The molecule has 2 N–H and O–H groups in total. The quantitative estimate of drug-likeness (QED) is 0.235. The summed E-state index contributed by atoms with van der Waals surface area (Å²) in [6.45, 7) is 6.08. The van der Waals surface area contributed by atoms with Crippen LogP contribution in [0.4, 0.5) is 0 Å². The Bertz CT molecular complexity index is 618. The molecule has 1 heterocycles. The monoisotopic (exact) mass is 389 g/mol. The van der Waals surface area contributed by atoms with Gasteiger partial charge in [0.1, 0.15) is 5.76 Å². The summed E-state index contributed by atoms with van der Waals surface area (Å²) in [5, 5.41) is 6.83. The van der Waals surface area contributed by atoms with E-state index in [4.69, 9.17) is 9.15 Å². The van der Waals surface area contributed by atoms with Gasteiger partial charge in [-0.05, 0) is 44.0 Å². The molecule has 5 nitrogen and oxygen atoms in total. The summed E-state index contributed by atoms with van der Waals surface area (Å²) < 4.78 is 10.8. The van der Waals surface area contributed by atoms with Crippen molar-refractivity contribution in [1.29, 1.82) is 0 Å². The zero-order valence-electron chi connectivity index (χ0n) is 16.2. The minimum atomic E-state index is 0.781. The Balaban J connectivity index is 1.69. The van der Waals surface area contributed by atoms with E-state index in [1.807, 2.05) is 36.9 Å². The lowest BCUT2D eigenvalue weighted by atomic mass is 10.3. The average Bonchev–Trinajstić information content (AvgIpc) is 3.21. The molecule has 1 aromatic carbocycles. The maximum absolute atomic E-state index is 5.38. The van der Waals surface area contributed by atoms with Gasteiger partial charge in [0.25, 0.3) is 0 Å². The molecular weight excluding hydrogens is 358 g/mol. The van der Waals surface area contributed by atoms with Crippen molar-refractivity contribution in [3.8, 4) is 0 Å². The second-order valence-electron chi connectivity index (χ2n) is 5.98. The van der Waals surface area contributed by atoms with Crippen LogP contribution in [-0.2, 0) is 11.2 Å². The van der Waals surface area contributed by atoms with Crippen molar-refractivity contribution in [2.75, 3.05) is 38.6 Å². The van der Waals surface area contributed by atoms with Crippen LogP contribution in [0.15, 0.2) is 63.0 Å². The van der Waals surface area contributed by atoms with E-state index in [1.165, 1.54) is 4.90 Å². The zero-order valence-corrected chi connectivity index (χ0v) is 17.0. The second kappa shape index (κ2) is 14.2. The van der Waals surface area contributed by atoms with E-state index < -0.39 is 0 Å². The lowest BCUT2D eigenvalue weighted by Gasteiger charge is -2.12. The Morgan fingerprint density at radius 3 is 2.70 bits per heavy atom. The highest BCUT2D eigenvalue weighted by Gasteiger charge is 2.01. The number of hydrogen-bond donors (Lipinski definition) is 2. The van der Waals surface area contributed by atoms with Gasteiger partial charge in [0.15, 0.2) is 5.96 Å². The third-order valence-electron chi connectivity index (χ3n) is 3.82. The normalized spacial score (nSPS) is 11.5. The number of nitrogens with zero attached hydrogens (tertiary/aromatic N) is 1. The fourth-order valence-electron chi connectivity index (χ4n) is 2.44. The highest BCUT2D eigenvalue weighted by atomic mass is 32.2. The first-order valence-corrected chi connectivity index (χ1v) is 10.7. The molecule has 0 aliphatic heterocycles. The Kier molecular flexibility index (Phi) is 11.2. The molecule has 0 bridgehead atoms. The lowest BCUT2D eigenvalue weighted by molar-refractivity contribution is 0.144. The average molecular weight is 390 g/mol. The minimum absolute atomic E-state index is 0.781. The molecule has 0 spiro atoms. The summed E-state index contributed by atoms with van der Waals surface area (Å²) in [5.41, 5.74) is 0. The molecule has 2 rings (SSSR count).